The van der Waals surface area contributed by atoms with Crippen molar-refractivity contribution in [3.8, 4) is 11.4 Å². The van der Waals surface area contributed by atoms with E-state index in [0.29, 0.717) is 0 Å². The molecule has 6 heteroatoms. The molecule has 0 bridgehead atoms. The Balaban J connectivity index is 1.85. The molecule has 2 aromatic rings. The standard InChI is InChI=1S/C13H16IN5/c14-11-6-2-1-5-10(11)12-16-13(18-17-12)19-7-3-4-9(15)8-19/h1-2,5-6,9H,3-4,7-8,15H2,(H,16,17,18). The van der Waals surface area contributed by atoms with E-state index in [1.165, 1.54) is 0 Å². The molecule has 0 radical (unpaired) electrons. The van der Waals surface area contributed by atoms with Crippen LogP contribution in [0.2, 0.25) is 0 Å². The molecule has 1 saturated heterocycles. The number of piperidine rings is 1. The number of hydrogen-bond acceptors (Lipinski definition) is 4. The topological polar surface area (TPSA) is 70.8 Å². The van der Waals surface area contributed by atoms with Crippen molar-refractivity contribution in [1.82, 2.24) is 15.2 Å². The number of nitrogens with two attached hydrogens (primary N) is 1. The highest BCUT2D eigenvalue weighted by molar-refractivity contribution is 14.1. The molecule has 1 atom stereocenters. The molecule has 0 spiro atoms. The first-order valence-corrected chi connectivity index (χ1v) is 7.50. The minimum Gasteiger partial charge on any atom is -0.338 e. The van der Waals surface area contributed by atoms with E-state index in [4.69, 9.17) is 5.73 Å². The van der Waals surface area contributed by atoms with Crippen molar-refractivity contribution in [1.29, 1.82) is 0 Å². The number of H-pyrrole nitrogens is 1. The van der Waals surface area contributed by atoms with Gasteiger partial charge in [-0.3, -0.25) is 5.10 Å². The molecule has 0 aliphatic carbocycles. The largest absolute Gasteiger partial charge is 0.338 e. The summed E-state index contributed by atoms with van der Waals surface area (Å²) in [5.41, 5.74) is 7.08. The molecule has 2 heterocycles. The summed E-state index contributed by atoms with van der Waals surface area (Å²) in [6, 6.07) is 8.37. The van der Waals surface area contributed by atoms with E-state index in [1.54, 1.807) is 0 Å². The highest BCUT2D eigenvalue weighted by atomic mass is 127. The highest BCUT2D eigenvalue weighted by Gasteiger charge is 2.20. The smallest absolute Gasteiger partial charge is 0.245 e. The number of nitrogens with one attached hydrogen (secondary N) is 1. The second-order valence-corrected chi connectivity index (χ2v) is 5.97. The van der Waals surface area contributed by atoms with Gasteiger partial charge in [-0.05, 0) is 41.5 Å². The van der Waals surface area contributed by atoms with Crippen molar-refractivity contribution in [2.45, 2.75) is 18.9 Å². The zero-order chi connectivity index (χ0) is 13.2. The third kappa shape index (κ3) is 2.74. The van der Waals surface area contributed by atoms with E-state index in [-0.39, 0.29) is 6.04 Å². The number of aromatic amines is 1. The van der Waals surface area contributed by atoms with Gasteiger partial charge in [0.1, 0.15) is 0 Å². The molecule has 100 valence electrons. The second-order valence-electron chi connectivity index (χ2n) is 4.81. The average Bonchev–Trinajstić information content (AvgIpc) is 2.89. The van der Waals surface area contributed by atoms with Gasteiger partial charge < -0.3 is 10.6 Å². The predicted molar refractivity (Wildman–Crippen MR) is 84.0 cm³/mol. The van der Waals surface area contributed by atoms with E-state index in [9.17, 15) is 0 Å². The maximum absolute atomic E-state index is 6.00. The third-order valence-electron chi connectivity index (χ3n) is 3.34. The molecular formula is C13H16IN5. The summed E-state index contributed by atoms with van der Waals surface area (Å²) >= 11 is 2.31. The summed E-state index contributed by atoms with van der Waals surface area (Å²) < 4.78 is 1.16. The van der Waals surface area contributed by atoms with Gasteiger partial charge >= 0.3 is 0 Å². The number of anilines is 1. The summed E-state index contributed by atoms with van der Waals surface area (Å²) in [6.45, 7) is 1.82. The first kappa shape index (κ1) is 12.9. The van der Waals surface area contributed by atoms with E-state index in [2.05, 4.69) is 48.7 Å². The van der Waals surface area contributed by atoms with Crippen molar-refractivity contribution in [3.05, 3.63) is 27.8 Å². The Morgan fingerprint density at radius 1 is 1.37 bits per heavy atom. The SMILES string of the molecule is NC1CCCN(c2n[nH]c(-c3ccccc3I)n2)C1. The van der Waals surface area contributed by atoms with Gasteiger partial charge in [-0.15, -0.1) is 5.10 Å². The Hall–Kier alpha value is -1.15. The number of halogens is 1. The average molecular weight is 369 g/mol. The molecule has 0 saturated carbocycles. The number of hydrogen-bond donors (Lipinski definition) is 2. The Morgan fingerprint density at radius 3 is 3.00 bits per heavy atom. The van der Waals surface area contributed by atoms with Gasteiger partial charge in [0.15, 0.2) is 5.82 Å². The number of rotatable bonds is 2. The van der Waals surface area contributed by atoms with Crippen LogP contribution in [0, 0.1) is 3.57 Å². The molecule has 1 unspecified atom stereocenters. The minimum absolute atomic E-state index is 0.229. The highest BCUT2D eigenvalue weighted by Crippen LogP contribution is 2.24. The minimum atomic E-state index is 0.229. The van der Waals surface area contributed by atoms with Crippen LogP contribution in [0.1, 0.15) is 12.8 Å². The van der Waals surface area contributed by atoms with Crippen LogP contribution in [0.4, 0.5) is 5.95 Å². The van der Waals surface area contributed by atoms with Crippen LogP contribution in [-0.4, -0.2) is 34.3 Å². The zero-order valence-corrected chi connectivity index (χ0v) is 12.7. The maximum Gasteiger partial charge on any atom is 0.245 e. The van der Waals surface area contributed by atoms with Crippen LogP contribution in [0.3, 0.4) is 0 Å². The van der Waals surface area contributed by atoms with Gasteiger partial charge in [0, 0.05) is 28.3 Å². The molecule has 1 aliphatic rings. The van der Waals surface area contributed by atoms with Gasteiger partial charge in [-0.1, -0.05) is 18.2 Å². The molecule has 3 N–H and O–H groups in total. The summed E-state index contributed by atoms with van der Waals surface area (Å²) in [6.07, 6.45) is 2.19. The fourth-order valence-electron chi connectivity index (χ4n) is 2.36. The van der Waals surface area contributed by atoms with Crippen molar-refractivity contribution in [2.24, 2.45) is 5.73 Å². The Labute approximate surface area is 125 Å². The molecule has 3 rings (SSSR count). The fourth-order valence-corrected chi connectivity index (χ4v) is 3.00. The number of nitrogens with zero attached hydrogens (tertiary/aromatic N) is 3. The molecule has 1 aliphatic heterocycles. The zero-order valence-electron chi connectivity index (χ0n) is 10.5. The van der Waals surface area contributed by atoms with E-state index >= 15 is 0 Å². The summed E-state index contributed by atoms with van der Waals surface area (Å²) in [5, 5.41) is 7.35. The summed E-state index contributed by atoms with van der Waals surface area (Å²) in [5.74, 6) is 1.57. The van der Waals surface area contributed by atoms with Gasteiger partial charge in [-0.2, -0.15) is 4.98 Å². The van der Waals surface area contributed by atoms with Crippen LogP contribution < -0.4 is 10.6 Å². The summed E-state index contributed by atoms with van der Waals surface area (Å²) in [4.78, 5) is 6.76. The molecule has 19 heavy (non-hydrogen) atoms. The first-order chi connectivity index (χ1) is 9.24. The van der Waals surface area contributed by atoms with Gasteiger partial charge in [-0.25, -0.2) is 0 Å². The Morgan fingerprint density at radius 2 is 2.21 bits per heavy atom. The van der Waals surface area contributed by atoms with Crippen LogP contribution in [0.15, 0.2) is 24.3 Å². The molecule has 1 aromatic carbocycles. The number of aromatic nitrogens is 3. The lowest BCUT2D eigenvalue weighted by molar-refractivity contribution is 0.500. The van der Waals surface area contributed by atoms with Gasteiger partial charge in [0.05, 0.1) is 0 Å². The molecule has 5 nitrogen and oxygen atoms in total. The van der Waals surface area contributed by atoms with E-state index < -0.39 is 0 Å². The number of benzene rings is 1. The molecule has 1 fully saturated rings. The van der Waals surface area contributed by atoms with Crippen molar-refractivity contribution < 1.29 is 0 Å². The Bertz CT molecular complexity index is 568. The lowest BCUT2D eigenvalue weighted by Crippen LogP contribution is -2.43. The van der Waals surface area contributed by atoms with E-state index in [0.717, 1.165) is 46.8 Å². The quantitative estimate of drug-likeness (QED) is 0.795. The van der Waals surface area contributed by atoms with Crippen molar-refractivity contribution >= 4 is 28.5 Å². The van der Waals surface area contributed by atoms with Crippen molar-refractivity contribution in [3.63, 3.8) is 0 Å². The summed E-state index contributed by atoms with van der Waals surface area (Å²) in [7, 11) is 0. The van der Waals surface area contributed by atoms with Gasteiger partial charge in [0.2, 0.25) is 5.95 Å². The monoisotopic (exact) mass is 369 g/mol. The van der Waals surface area contributed by atoms with Crippen LogP contribution in [-0.2, 0) is 0 Å². The van der Waals surface area contributed by atoms with Gasteiger partial charge in [0.25, 0.3) is 0 Å². The van der Waals surface area contributed by atoms with Crippen LogP contribution >= 0.6 is 22.6 Å². The lowest BCUT2D eigenvalue weighted by Gasteiger charge is -2.29. The molecule has 1 aromatic heterocycles. The lowest BCUT2D eigenvalue weighted by atomic mass is 10.1. The molecular weight excluding hydrogens is 353 g/mol. The Kier molecular flexibility index (Phi) is 3.69. The fraction of sp³-hybridized carbons (Fsp3) is 0.385. The first-order valence-electron chi connectivity index (χ1n) is 6.42. The third-order valence-corrected chi connectivity index (χ3v) is 4.28. The van der Waals surface area contributed by atoms with E-state index in [1.807, 2.05) is 18.2 Å². The van der Waals surface area contributed by atoms with Crippen LogP contribution in [0.5, 0.6) is 0 Å². The second kappa shape index (κ2) is 5.46. The maximum atomic E-state index is 6.00. The normalized spacial score (nSPS) is 19.7. The molecule has 0 amide bonds. The predicted octanol–water partition coefficient (Wildman–Crippen LogP) is 2.00. The van der Waals surface area contributed by atoms with Crippen LogP contribution in [0.25, 0.3) is 11.4 Å². The van der Waals surface area contributed by atoms with Crippen molar-refractivity contribution in [2.75, 3.05) is 18.0 Å².